The Labute approximate surface area is 145 Å². The van der Waals surface area contributed by atoms with Crippen LogP contribution in [0.15, 0.2) is 37.0 Å². The van der Waals surface area contributed by atoms with Crippen LogP contribution in [0.1, 0.15) is 58.3 Å². The van der Waals surface area contributed by atoms with Gasteiger partial charge in [0.05, 0.1) is 8.07 Å². The summed E-state index contributed by atoms with van der Waals surface area (Å²) < 4.78 is 0. The van der Waals surface area contributed by atoms with Crippen LogP contribution in [0.2, 0.25) is 23.7 Å². The first-order valence-electron chi connectivity index (χ1n) is 10.2. The van der Waals surface area contributed by atoms with Gasteiger partial charge >= 0.3 is 0 Å². The highest BCUT2D eigenvalue weighted by molar-refractivity contribution is 6.81. The Morgan fingerprint density at radius 2 is 1.83 bits per heavy atom. The first kappa shape index (κ1) is 17.3. The maximum Gasteiger partial charge on any atom is 0.0576 e. The predicted octanol–water partition coefficient (Wildman–Crippen LogP) is 7.13. The van der Waals surface area contributed by atoms with Gasteiger partial charge in [0.1, 0.15) is 0 Å². The van der Waals surface area contributed by atoms with E-state index in [-0.39, 0.29) is 0 Å². The van der Waals surface area contributed by atoms with Gasteiger partial charge in [-0.1, -0.05) is 88.4 Å². The van der Waals surface area contributed by atoms with E-state index in [9.17, 15) is 0 Å². The summed E-state index contributed by atoms with van der Waals surface area (Å²) in [5.74, 6) is 2.66. The molecular formula is C22H36Si. The van der Waals surface area contributed by atoms with Crippen molar-refractivity contribution < 1.29 is 0 Å². The molecule has 2 saturated carbocycles. The third-order valence-electron chi connectivity index (χ3n) is 7.47. The average molecular weight is 329 g/mol. The van der Waals surface area contributed by atoms with Crippen molar-refractivity contribution in [2.24, 2.45) is 17.8 Å². The van der Waals surface area contributed by atoms with Crippen LogP contribution in [-0.2, 0) is 0 Å². The van der Waals surface area contributed by atoms with Gasteiger partial charge in [-0.3, -0.25) is 0 Å². The van der Waals surface area contributed by atoms with E-state index in [1.54, 1.807) is 0 Å². The van der Waals surface area contributed by atoms with E-state index in [4.69, 9.17) is 0 Å². The monoisotopic (exact) mass is 328 g/mol. The zero-order valence-electron chi connectivity index (χ0n) is 15.3. The van der Waals surface area contributed by atoms with Crippen molar-refractivity contribution >= 4 is 8.07 Å². The van der Waals surface area contributed by atoms with E-state index in [1.807, 2.05) is 0 Å². The van der Waals surface area contributed by atoms with Crippen LogP contribution in [0.4, 0.5) is 0 Å². The van der Waals surface area contributed by atoms with E-state index in [0.29, 0.717) is 0 Å². The second-order valence-corrected chi connectivity index (χ2v) is 13.7. The van der Waals surface area contributed by atoms with Gasteiger partial charge < -0.3 is 0 Å². The molecule has 0 saturated heterocycles. The molecule has 2 fully saturated rings. The smallest absolute Gasteiger partial charge is 0.0576 e. The van der Waals surface area contributed by atoms with Crippen LogP contribution in [0.5, 0.6) is 0 Å². The van der Waals surface area contributed by atoms with Crippen molar-refractivity contribution in [1.82, 2.24) is 0 Å². The highest BCUT2D eigenvalue weighted by Gasteiger charge is 2.52. The Bertz CT molecular complexity index is 457. The van der Waals surface area contributed by atoms with Gasteiger partial charge in [0.25, 0.3) is 0 Å². The summed E-state index contributed by atoms with van der Waals surface area (Å²) >= 11 is 0. The van der Waals surface area contributed by atoms with E-state index < -0.39 is 8.07 Å². The fourth-order valence-corrected chi connectivity index (χ4v) is 12.2. The largest absolute Gasteiger partial charge is 0.103 e. The summed E-state index contributed by atoms with van der Waals surface area (Å²) in [5, 5.41) is 0. The van der Waals surface area contributed by atoms with E-state index in [0.717, 1.165) is 28.8 Å². The summed E-state index contributed by atoms with van der Waals surface area (Å²) in [6, 6.07) is 1.49. The van der Waals surface area contributed by atoms with Gasteiger partial charge in [-0.2, -0.15) is 0 Å². The summed E-state index contributed by atoms with van der Waals surface area (Å²) in [7, 11) is -1.24. The minimum Gasteiger partial charge on any atom is -0.103 e. The molecule has 0 aromatic rings. The molecule has 0 heterocycles. The minimum absolute atomic E-state index is 0.849. The molecule has 128 valence electrons. The lowest BCUT2D eigenvalue weighted by atomic mass is 9.84. The van der Waals surface area contributed by atoms with Gasteiger partial charge in [-0.05, 0) is 41.7 Å². The van der Waals surface area contributed by atoms with Crippen LogP contribution in [-0.4, -0.2) is 8.07 Å². The van der Waals surface area contributed by atoms with Gasteiger partial charge in [0.15, 0.2) is 0 Å². The second-order valence-electron chi connectivity index (χ2n) is 8.63. The SMILES string of the molecule is C=CCC[Si](C)(C1CCCC1)C1CC(CCC)C2C=CC=CC21. The number of fused-ring (bicyclic) bond motifs is 1. The molecule has 5 atom stereocenters. The molecule has 0 aromatic heterocycles. The lowest BCUT2D eigenvalue weighted by Gasteiger charge is -2.42. The van der Waals surface area contributed by atoms with E-state index in [1.165, 1.54) is 57.4 Å². The van der Waals surface area contributed by atoms with Crippen LogP contribution < -0.4 is 0 Å². The molecule has 3 aliphatic rings. The molecule has 0 amide bonds. The van der Waals surface area contributed by atoms with Crippen LogP contribution in [0.3, 0.4) is 0 Å². The van der Waals surface area contributed by atoms with Crippen molar-refractivity contribution in [2.75, 3.05) is 0 Å². The molecule has 23 heavy (non-hydrogen) atoms. The number of rotatable bonds is 7. The normalized spacial score (nSPS) is 36.1. The standard InChI is InChI=1S/C22H36Si/c1-4-6-16-23(3,19-12-7-8-13-19)22-17-18(11-5-2)20-14-9-10-15-21(20)22/h4,9-10,14-15,18-22H,1,5-8,11-13,16-17H2,2-3H3. The molecule has 0 aliphatic heterocycles. The van der Waals surface area contributed by atoms with Crippen molar-refractivity contribution in [1.29, 1.82) is 0 Å². The molecule has 0 aromatic carbocycles. The summed E-state index contributed by atoms with van der Waals surface area (Å²) in [6.45, 7) is 9.20. The Morgan fingerprint density at radius 1 is 1.13 bits per heavy atom. The fourth-order valence-electron chi connectivity index (χ4n) is 6.24. The van der Waals surface area contributed by atoms with Crippen LogP contribution in [0, 0.1) is 17.8 Å². The molecule has 0 N–H and O–H groups in total. The summed E-state index contributed by atoms with van der Waals surface area (Å²) in [6.07, 6.45) is 23.6. The number of hydrogen-bond acceptors (Lipinski definition) is 0. The zero-order chi connectivity index (χ0) is 16.3. The van der Waals surface area contributed by atoms with E-state index >= 15 is 0 Å². The summed E-state index contributed by atoms with van der Waals surface area (Å²) in [5.41, 5.74) is 2.11. The quantitative estimate of drug-likeness (QED) is 0.344. The van der Waals surface area contributed by atoms with Crippen molar-refractivity contribution in [3.8, 4) is 0 Å². The Kier molecular flexibility index (Phi) is 5.67. The number of hydrogen-bond donors (Lipinski definition) is 0. The number of allylic oxidation sites excluding steroid dienone is 5. The molecule has 3 aliphatic carbocycles. The summed E-state index contributed by atoms with van der Waals surface area (Å²) in [4.78, 5) is 0. The van der Waals surface area contributed by atoms with E-state index in [2.05, 4.69) is 50.4 Å². The first-order chi connectivity index (χ1) is 11.2. The fraction of sp³-hybridized carbons (Fsp3) is 0.727. The van der Waals surface area contributed by atoms with Crippen molar-refractivity contribution in [3.63, 3.8) is 0 Å². The predicted molar refractivity (Wildman–Crippen MR) is 105 cm³/mol. The lowest BCUT2D eigenvalue weighted by molar-refractivity contribution is 0.390. The van der Waals surface area contributed by atoms with Crippen molar-refractivity contribution in [2.45, 2.75) is 82.0 Å². The maximum atomic E-state index is 4.04. The third kappa shape index (κ3) is 3.31. The molecule has 1 heteroatoms. The molecule has 0 spiro atoms. The zero-order valence-corrected chi connectivity index (χ0v) is 16.3. The van der Waals surface area contributed by atoms with Crippen molar-refractivity contribution in [3.05, 3.63) is 37.0 Å². The Morgan fingerprint density at radius 3 is 2.48 bits per heavy atom. The first-order valence-corrected chi connectivity index (χ1v) is 13.0. The molecule has 3 rings (SSSR count). The molecule has 0 radical (unpaired) electrons. The Balaban J connectivity index is 1.86. The second kappa shape index (κ2) is 7.55. The highest BCUT2D eigenvalue weighted by atomic mass is 28.3. The Hall–Kier alpha value is -0.563. The van der Waals surface area contributed by atoms with Gasteiger partial charge in [-0.25, -0.2) is 0 Å². The maximum absolute atomic E-state index is 4.04. The van der Waals surface area contributed by atoms with Gasteiger partial charge in [0, 0.05) is 0 Å². The lowest BCUT2D eigenvalue weighted by Crippen LogP contribution is -2.42. The molecule has 0 bridgehead atoms. The topological polar surface area (TPSA) is 0 Å². The highest BCUT2D eigenvalue weighted by Crippen LogP contribution is 2.59. The average Bonchev–Trinajstić information content (AvgIpc) is 3.22. The van der Waals surface area contributed by atoms with Crippen LogP contribution >= 0.6 is 0 Å². The third-order valence-corrected chi connectivity index (χ3v) is 13.6. The molecular weight excluding hydrogens is 292 g/mol. The molecule has 0 nitrogen and oxygen atoms in total. The minimum atomic E-state index is -1.24. The van der Waals surface area contributed by atoms with Gasteiger partial charge in [0.2, 0.25) is 0 Å². The molecule has 5 unspecified atom stereocenters. The van der Waals surface area contributed by atoms with Crippen LogP contribution in [0.25, 0.3) is 0 Å². The van der Waals surface area contributed by atoms with Gasteiger partial charge in [-0.15, -0.1) is 6.58 Å².